The number of fused-ring (bicyclic) bond motifs is 1. The van der Waals surface area contributed by atoms with E-state index in [2.05, 4.69) is 25.6 Å². The van der Waals surface area contributed by atoms with Crippen LogP contribution >= 0.6 is 50.5 Å². The number of aliphatic imine (C=N–C) groups is 1. The Hall–Kier alpha value is -1.38. The van der Waals surface area contributed by atoms with Crippen molar-refractivity contribution in [2.24, 2.45) is 4.99 Å². The Morgan fingerprint density at radius 1 is 1.07 bits per heavy atom. The molecule has 1 aliphatic heterocycles. The van der Waals surface area contributed by atoms with Crippen molar-refractivity contribution in [2.75, 3.05) is 11.3 Å². The summed E-state index contributed by atoms with van der Waals surface area (Å²) in [5, 5.41) is 0.665. The maximum Gasteiger partial charge on any atom is 0.271 e. The van der Waals surface area contributed by atoms with Crippen molar-refractivity contribution in [1.82, 2.24) is 0 Å². The van der Waals surface area contributed by atoms with Gasteiger partial charge in [-0.3, -0.25) is 9.71 Å². The zero-order valence-corrected chi connectivity index (χ0v) is 19.0. The van der Waals surface area contributed by atoms with Gasteiger partial charge in [-0.1, -0.05) is 41.4 Å². The van der Waals surface area contributed by atoms with Crippen LogP contribution in [0.25, 0.3) is 0 Å². The molecule has 0 saturated carbocycles. The molecular weight excluding hydrogens is 503 g/mol. The summed E-state index contributed by atoms with van der Waals surface area (Å²) in [4.78, 5) is 4.65. The Morgan fingerprint density at radius 3 is 2.50 bits per heavy atom. The van der Waals surface area contributed by atoms with Gasteiger partial charge in [0.05, 0.1) is 5.71 Å². The highest BCUT2D eigenvalue weighted by Crippen LogP contribution is 2.35. The van der Waals surface area contributed by atoms with Crippen molar-refractivity contribution in [3.63, 3.8) is 0 Å². The van der Waals surface area contributed by atoms with Crippen molar-refractivity contribution >= 4 is 71.9 Å². The molecule has 0 fully saturated rings. The smallest absolute Gasteiger partial charge is 0.271 e. The number of nitrogens with zero attached hydrogens (tertiary/aromatic N) is 1. The molecule has 4 rings (SSSR count). The molecule has 144 valence electrons. The number of rotatable bonds is 4. The van der Waals surface area contributed by atoms with E-state index in [1.165, 1.54) is 11.6 Å². The van der Waals surface area contributed by atoms with E-state index in [1.807, 2.05) is 30.3 Å². The van der Waals surface area contributed by atoms with E-state index in [4.69, 9.17) is 23.2 Å². The fraction of sp³-hybridized carbons (Fsp3) is 0.105. The van der Waals surface area contributed by atoms with Crippen molar-refractivity contribution < 1.29 is 8.42 Å². The summed E-state index contributed by atoms with van der Waals surface area (Å²) in [6.07, 6.45) is 0.882. The van der Waals surface area contributed by atoms with Crippen molar-refractivity contribution in [3.8, 4) is 0 Å². The summed E-state index contributed by atoms with van der Waals surface area (Å²) in [7, 11) is -3.70. The highest BCUT2D eigenvalue weighted by Gasteiger charge is 2.20. The maximum atomic E-state index is 12.5. The Kier molecular flexibility index (Phi) is 5.55. The standard InChI is InChI=1S/C19H13BrCl2N2O2S2/c20-16-10-17(27-19(16)22)28(25,26)24-14-5-2-12(3-6-14)18-15-9-13(21)4-1-11(15)7-8-23-18/h1-6,9-10,24H,7-8H2. The molecule has 4 nitrogen and oxygen atoms in total. The van der Waals surface area contributed by atoms with E-state index < -0.39 is 10.0 Å². The van der Waals surface area contributed by atoms with Crippen LogP contribution in [0.5, 0.6) is 0 Å². The van der Waals surface area contributed by atoms with Gasteiger partial charge < -0.3 is 0 Å². The molecule has 0 radical (unpaired) electrons. The minimum Gasteiger partial charge on any atom is -0.284 e. The third-order valence-corrected chi connectivity index (χ3v) is 8.84. The minimum absolute atomic E-state index is 0.147. The average Bonchev–Trinajstić information content (AvgIpc) is 3.01. The minimum atomic E-state index is -3.70. The molecular formula is C19H13BrCl2N2O2S2. The number of anilines is 1. The molecule has 0 saturated heterocycles. The van der Waals surface area contributed by atoms with Crippen LogP contribution in [0.4, 0.5) is 5.69 Å². The number of hydrogen-bond donors (Lipinski definition) is 1. The SMILES string of the molecule is O=S(=O)(Nc1ccc(C2=NCCc3ccc(Cl)cc32)cc1)c1cc(Br)c(Cl)s1. The summed E-state index contributed by atoms with van der Waals surface area (Å²) in [6.45, 7) is 0.715. The lowest BCUT2D eigenvalue weighted by molar-refractivity contribution is 0.603. The zero-order valence-electron chi connectivity index (χ0n) is 14.2. The molecule has 1 aromatic heterocycles. The first-order chi connectivity index (χ1) is 13.3. The molecule has 28 heavy (non-hydrogen) atoms. The second-order valence-electron chi connectivity index (χ2n) is 6.15. The van der Waals surface area contributed by atoms with Crippen LogP contribution in [0.2, 0.25) is 9.36 Å². The summed E-state index contributed by atoms with van der Waals surface area (Å²) < 4.78 is 28.7. The van der Waals surface area contributed by atoms with Crippen molar-refractivity contribution in [2.45, 2.75) is 10.6 Å². The largest absolute Gasteiger partial charge is 0.284 e. The van der Waals surface area contributed by atoms with Gasteiger partial charge in [-0.2, -0.15) is 0 Å². The molecule has 2 aromatic carbocycles. The zero-order chi connectivity index (χ0) is 19.9. The molecule has 0 amide bonds. The summed E-state index contributed by atoms with van der Waals surface area (Å²) in [5.41, 5.74) is 4.47. The van der Waals surface area contributed by atoms with E-state index in [9.17, 15) is 8.42 Å². The van der Waals surface area contributed by atoms with E-state index in [1.54, 1.807) is 12.1 Å². The number of hydrogen-bond acceptors (Lipinski definition) is 4. The van der Waals surface area contributed by atoms with Crippen molar-refractivity contribution in [3.05, 3.63) is 79.1 Å². The molecule has 1 aliphatic rings. The van der Waals surface area contributed by atoms with Gasteiger partial charge in [-0.05, 0) is 58.2 Å². The fourth-order valence-corrected chi connectivity index (χ4v) is 6.50. The fourth-order valence-electron chi connectivity index (χ4n) is 2.97. The third-order valence-electron chi connectivity index (χ3n) is 4.28. The van der Waals surface area contributed by atoms with E-state index in [0.717, 1.165) is 34.6 Å². The summed E-state index contributed by atoms with van der Waals surface area (Å²) in [5.74, 6) is 0. The van der Waals surface area contributed by atoms with E-state index in [0.29, 0.717) is 26.1 Å². The number of thiophene rings is 1. The van der Waals surface area contributed by atoms with Crippen LogP contribution in [0.3, 0.4) is 0 Å². The van der Waals surface area contributed by atoms with Crippen LogP contribution in [0.15, 0.2) is 62.2 Å². The molecule has 0 unspecified atom stereocenters. The number of sulfonamides is 1. The van der Waals surface area contributed by atoms with Gasteiger partial charge in [0.1, 0.15) is 8.55 Å². The van der Waals surface area contributed by atoms with E-state index >= 15 is 0 Å². The topological polar surface area (TPSA) is 58.5 Å². The molecule has 9 heteroatoms. The molecule has 0 bridgehead atoms. The van der Waals surface area contributed by atoms with Gasteiger partial charge in [0.2, 0.25) is 0 Å². The van der Waals surface area contributed by atoms with Crippen LogP contribution in [-0.4, -0.2) is 20.7 Å². The normalized spacial score (nSPS) is 13.8. The van der Waals surface area contributed by atoms with Gasteiger partial charge in [0.25, 0.3) is 10.0 Å². The second kappa shape index (κ2) is 7.80. The average molecular weight is 516 g/mol. The van der Waals surface area contributed by atoms with Crippen molar-refractivity contribution in [1.29, 1.82) is 0 Å². The van der Waals surface area contributed by atoms with Gasteiger partial charge in [-0.25, -0.2) is 8.42 Å². The molecule has 1 N–H and O–H groups in total. The Labute approximate surface area is 185 Å². The van der Waals surface area contributed by atoms with Gasteiger partial charge in [-0.15, -0.1) is 11.3 Å². The monoisotopic (exact) mass is 514 g/mol. The van der Waals surface area contributed by atoms with Crippen LogP contribution in [-0.2, 0) is 16.4 Å². The Morgan fingerprint density at radius 2 is 1.82 bits per heavy atom. The number of nitrogens with one attached hydrogen (secondary N) is 1. The third kappa shape index (κ3) is 4.00. The quantitative estimate of drug-likeness (QED) is 0.462. The predicted octanol–water partition coefficient (Wildman–Crippen LogP) is 6.01. The highest BCUT2D eigenvalue weighted by atomic mass is 79.9. The first-order valence-electron chi connectivity index (χ1n) is 8.25. The summed E-state index contributed by atoms with van der Waals surface area (Å²) in [6, 6.07) is 14.5. The second-order valence-corrected chi connectivity index (χ2v) is 11.0. The van der Waals surface area contributed by atoms with E-state index in [-0.39, 0.29) is 4.21 Å². The molecule has 0 spiro atoms. The predicted molar refractivity (Wildman–Crippen MR) is 120 cm³/mol. The first kappa shape index (κ1) is 19.9. The van der Waals surface area contributed by atoms with Gasteiger partial charge >= 0.3 is 0 Å². The maximum absolute atomic E-state index is 12.5. The molecule has 3 aromatic rings. The lowest BCUT2D eigenvalue weighted by atomic mass is 9.93. The highest BCUT2D eigenvalue weighted by molar-refractivity contribution is 9.10. The Bertz CT molecular complexity index is 1170. The first-order valence-corrected chi connectivity index (χ1v) is 12.1. The van der Waals surface area contributed by atoms with Gasteiger partial charge in [0, 0.05) is 32.9 Å². The lowest BCUT2D eigenvalue weighted by Gasteiger charge is -2.18. The summed E-state index contributed by atoms with van der Waals surface area (Å²) >= 11 is 16.3. The number of benzene rings is 2. The molecule has 2 heterocycles. The molecule has 0 atom stereocenters. The molecule has 0 aliphatic carbocycles. The Balaban J connectivity index is 1.60. The van der Waals surface area contributed by atoms with Crippen LogP contribution in [0.1, 0.15) is 16.7 Å². The van der Waals surface area contributed by atoms with Gasteiger partial charge in [0.15, 0.2) is 0 Å². The number of halogens is 3. The van der Waals surface area contributed by atoms with Crippen LogP contribution < -0.4 is 4.72 Å². The lowest BCUT2D eigenvalue weighted by Crippen LogP contribution is -2.15. The van der Waals surface area contributed by atoms with Crippen LogP contribution in [0, 0.1) is 0 Å².